The number of rotatable bonds is 11. The summed E-state index contributed by atoms with van der Waals surface area (Å²) in [6, 6.07) is 17.5. The van der Waals surface area contributed by atoms with E-state index in [0.29, 0.717) is 25.1 Å². The summed E-state index contributed by atoms with van der Waals surface area (Å²) in [6.07, 6.45) is 2.80. The van der Waals surface area contributed by atoms with Crippen LogP contribution in [0.15, 0.2) is 54.6 Å². The van der Waals surface area contributed by atoms with Gasteiger partial charge in [0.25, 0.3) is 0 Å². The molecule has 0 radical (unpaired) electrons. The first kappa shape index (κ1) is 22.7. The number of para-hydroxylation sites is 1. The molecule has 0 spiro atoms. The lowest BCUT2D eigenvalue weighted by Crippen LogP contribution is -2.32. The van der Waals surface area contributed by atoms with Crippen LogP contribution in [0.25, 0.3) is 0 Å². The van der Waals surface area contributed by atoms with E-state index in [-0.39, 0.29) is 12.5 Å². The van der Waals surface area contributed by atoms with E-state index in [9.17, 15) is 13.2 Å². The van der Waals surface area contributed by atoms with E-state index in [1.165, 1.54) is 10.6 Å². The van der Waals surface area contributed by atoms with E-state index in [2.05, 4.69) is 22.3 Å². The van der Waals surface area contributed by atoms with Crippen LogP contribution in [-0.2, 0) is 14.8 Å². The number of benzene rings is 2. The molecule has 0 saturated heterocycles. The number of aryl methyl sites for hydroxylation is 1. The fourth-order valence-corrected chi connectivity index (χ4v) is 3.99. The zero-order valence-electron chi connectivity index (χ0n) is 17.5. The van der Waals surface area contributed by atoms with Crippen molar-refractivity contribution in [1.82, 2.24) is 5.32 Å². The van der Waals surface area contributed by atoms with Crippen LogP contribution in [0, 0.1) is 6.92 Å². The first-order chi connectivity index (χ1) is 13.8. The highest BCUT2D eigenvalue weighted by Gasteiger charge is 2.17. The molecular formula is C22H31N3O3S. The van der Waals surface area contributed by atoms with Crippen LogP contribution < -0.4 is 14.5 Å². The Morgan fingerprint density at radius 1 is 0.931 bits per heavy atom. The van der Waals surface area contributed by atoms with Gasteiger partial charge in [0, 0.05) is 38.8 Å². The van der Waals surface area contributed by atoms with E-state index in [0.717, 1.165) is 24.2 Å². The Kier molecular flexibility index (Phi) is 8.51. The molecule has 2 rings (SSSR count). The number of carbonyl (C=O) groups excluding carboxylic acids is 1. The highest BCUT2D eigenvalue weighted by molar-refractivity contribution is 7.92. The van der Waals surface area contributed by atoms with Crippen molar-refractivity contribution in [3.8, 4) is 0 Å². The Bertz CT molecular complexity index is 868. The number of nitrogens with one attached hydrogen (secondary N) is 1. The van der Waals surface area contributed by atoms with Crippen molar-refractivity contribution in [2.75, 3.05) is 42.1 Å². The van der Waals surface area contributed by atoms with Crippen molar-refractivity contribution in [2.45, 2.75) is 26.2 Å². The van der Waals surface area contributed by atoms with Gasteiger partial charge in [0.05, 0.1) is 11.9 Å². The number of hydrogen-bond donors (Lipinski definition) is 1. The van der Waals surface area contributed by atoms with E-state index in [1.54, 1.807) is 12.1 Å². The molecule has 0 fully saturated rings. The molecule has 158 valence electrons. The standard InChI is InChI=1S/C22H31N3O3S/c1-19-12-14-21(15-13-19)25(29(3,27)28)18-7-11-22(26)23-16-8-17-24(2)20-9-5-4-6-10-20/h4-6,9-10,12-15H,7-8,11,16-18H2,1-3H3,(H,23,26). The lowest BCUT2D eigenvalue weighted by Gasteiger charge is -2.22. The summed E-state index contributed by atoms with van der Waals surface area (Å²) in [5.41, 5.74) is 2.85. The van der Waals surface area contributed by atoms with Crippen LogP contribution in [0.3, 0.4) is 0 Å². The maximum Gasteiger partial charge on any atom is 0.232 e. The molecule has 0 bridgehead atoms. The fourth-order valence-electron chi connectivity index (χ4n) is 3.02. The molecule has 0 aliphatic rings. The molecule has 29 heavy (non-hydrogen) atoms. The van der Waals surface area contributed by atoms with Crippen LogP contribution in [-0.4, -0.2) is 47.3 Å². The maximum absolute atomic E-state index is 12.1. The van der Waals surface area contributed by atoms with E-state index in [1.807, 2.05) is 44.3 Å². The average molecular weight is 418 g/mol. The van der Waals surface area contributed by atoms with Crippen LogP contribution in [0.2, 0.25) is 0 Å². The number of anilines is 2. The summed E-state index contributed by atoms with van der Waals surface area (Å²) >= 11 is 0. The third-order valence-electron chi connectivity index (χ3n) is 4.68. The predicted octanol–water partition coefficient (Wildman–Crippen LogP) is 3.18. The van der Waals surface area contributed by atoms with Gasteiger partial charge in [-0.15, -0.1) is 0 Å². The number of sulfonamides is 1. The lowest BCUT2D eigenvalue weighted by molar-refractivity contribution is -0.121. The summed E-state index contributed by atoms with van der Waals surface area (Å²) in [6.45, 7) is 3.69. The molecule has 1 amide bonds. The van der Waals surface area contributed by atoms with Crippen LogP contribution in [0.4, 0.5) is 11.4 Å². The molecule has 2 aromatic rings. The van der Waals surface area contributed by atoms with Crippen molar-refractivity contribution < 1.29 is 13.2 Å². The Labute approximate surface area is 174 Å². The van der Waals surface area contributed by atoms with Crippen molar-refractivity contribution in [3.05, 3.63) is 60.2 Å². The molecular weight excluding hydrogens is 386 g/mol. The molecule has 7 heteroatoms. The molecule has 2 aromatic carbocycles. The van der Waals surface area contributed by atoms with Gasteiger partial charge in [-0.3, -0.25) is 9.10 Å². The number of amides is 1. The summed E-state index contributed by atoms with van der Waals surface area (Å²) in [7, 11) is -1.36. The molecule has 0 aromatic heterocycles. The predicted molar refractivity (Wildman–Crippen MR) is 120 cm³/mol. The Morgan fingerprint density at radius 2 is 1.59 bits per heavy atom. The Hall–Kier alpha value is -2.54. The highest BCUT2D eigenvalue weighted by Crippen LogP contribution is 2.19. The van der Waals surface area contributed by atoms with Crippen molar-refractivity contribution in [3.63, 3.8) is 0 Å². The quantitative estimate of drug-likeness (QED) is 0.570. The van der Waals surface area contributed by atoms with Gasteiger partial charge in [-0.2, -0.15) is 0 Å². The Morgan fingerprint density at radius 3 is 2.21 bits per heavy atom. The second-order valence-corrected chi connectivity index (χ2v) is 9.14. The third-order valence-corrected chi connectivity index (χ3v) is 5.87. The van der Waals surface area contributed by atoms with E-state index < -0.39 is 10.0 Å². The van der Waals surface area contributed by atoms with Gasteiger partial charge in [0.2, 0.25) is 15.9 Å². The van der Waals surface area contributed by atoms with Crippen LogP contribution in [0.1, 0.15) is 24.8 Å². The number of nitrogens with zero attached hydrogens (tertiary/aromatic N) is 2. The van der Waals surface area contributed by atoms with Gasteiger partial charge >= 0.3 is 0 Å². The number of hydrogen-bond acceptors (Lipinski definition) is 4. The minimum atomic E-state index is -3.39. The largest absolute Gasteiger partial charge is 0.375 e. The summed E-state index contributed by atoms with van der Waals surface area (Å²) in [5.74, 6) is -0.0512. The van der Waals surface area contributed by atoms with Gasteiger partial charge in [0.1, 0.15) is 0 Å². The zero-order chi connectivity index (χ0) is 21.3. The smallest absolute Gasteiger partial charge is 0.232 e. The van der Waals surface area contributed by atoms with Gasteiger partial charge in [0.15, 0.2) is 0 Å². The van der Waals surface area contributed by atoms with Crippen LogP contribution >= 0.6 is 0 Å². The first-order valence-corrected chi connectivity index (χ1v) is 11.7. The molecule has 0 aliphatic carbocycles. The fraction of sp³-hybridized carbons (Fsp3) is 0.409. The summed E-state index contributed by atoms with van der Waals surface area (Å²) in [5, 5.41) is 2.92. The second kappa shape index (κ2) is 10.9. The molecule has 0 atom stereocenters. The summed E-state index contributed by atoms with van der Waals surface area (Å²) < 4.78 is 25.6. The SMILES string of the molecule is Cc1ccc(N(CCCC(=O)NCCCN(C)c2ccccc2)S(C)(=O)=O)cc1. The van der Waals surface area contributed by atoms with Gasteiger partial charge in [-0.05, 0) is 44.0 Å². The first-order valence-electron chi connectivity index (χ1n) is 9.84. The molecule has 0 heterocycles. The Balaban J connectivity index is 1.71. The minimum Gasteiger partial charge on any atom is -0.375 e. The lowest BCUT2D eigenvalue weighted by atomic mass is 10.2. The minimum absolute atomic E-state index is 0.0512. The van der Waals surface area contributed by atoms with E-state index >= 15 is 0 Å². The molecule has 0 saturated carbocycles. The van der Waals surface area contributed by atoms with Crippen LogP contribution in [0.5, 0.6) is 0 Å². The number of carbonyl (C=O) groups is 1. The third kappa shape index (κ3) is 7.77. The molecule has 1 N–H and O–H groups in total. The monoisotopic (exact) mass is 417 g/mol. The van der Waals surface area contributed by atoms with E-state index in [4.69, 9.17) is 0 Å². The average Bonchev–Trinajstić information content (AvgIpc) is 2.69. The normalized spacial score (nSPS) is 11.1. The topological polar surface area (TPSA) is 69.7 Å². The molecule has 0 aliphatic heterocycles. The zero-order valence-corrected chi connectivity index (χ0v) is 18.3. The maximum atomic E-state index is 12.1. The van der Waals surface area contributed by atoms with Crippen molar-refractivity contribution in [2.24, 2.45) is 0 Å². The summed E-state index contributed by atoms with van der Waals surface area (Å²) in [4.78, 5) is 14.2. The van der Waals surface area contributed by atoms with Gasteiger partial charge in [-0.25, -0.2) is 8.42 Å². The van der Waals surface area contributed by atoms with Gasteiger partial charge < -0.3 is 10.2 Å². The highest BCUT2D eigenvalue weighted by atomic mass is 32.2. The second-order valence-electron chi connectivity index (χ2n) is 7.23. The molecule has 6 nitrogen and oxygen atoms in total. The van der Waals surface area contributed by atoms with Crippen molar-refractivity contribution in [1.29, 1.82) is 0 Å². The van der Waals surface area contributed by atoms with Crippen molar-refractivity contribution >= 4 is 27.3 Å². The molecule has 0 unspecified atom stereocenters. The van der Waals surface area contributed by atoms with Gasteiger partial charge in [-0.1, -0.05) is 35.9 Å².